The van der Waals surface area contributed by atoms with Crippen LogP contribution in [0.15, 0.2) is 73.1 Å². The molecule has 0 saturated heterocycles. The van der Waals surface area contributed by atoms with Gasteiger partial charge in [-0.3, -0.25) is 9.78 Å². The molecule has 2 aromatic carbocycles. The Labute approximate surface area is 175 Å². The van der Waals surface area contributed by atoms with Crippen LogP contribution in [-0.2, 0) is 13.1 Å². The molecule has 0 aliphatic rings. The van der Waals surface area contributed by atoms with Crippen molar-refractivity contribution >= 4 is 16.9 Å². The van der Waals surface area contributed by atoms with Crippen LogP contribution in [0.25, 0.3) is 11.0 Å². The van der Waals surface area contributed by atoms with Gasteiger partial charge in [0, 0.05) is 25.0 Å². The molecule has 6 heteroatoms. The summed E-state index contributed by atoms with van der Waals surface area (Å²) in [5.41, 5.74) is 3.72. The van der Waals surface area contributed by atoms with Gasteiger partial charge in [0.15, 0.2) is 0 Å². The summed E-state index contributed by atoms with van der Waals surface area (Å²) >= 11 is 0. The van der Waals surface area contributed by atoms with Crippen molar-refractivity contribution in [2.24, 2.45) is 0 Å². The first-order valence-electron chi connectivity index (χ1n) is 9.91. The molecule has 0 aliphatic heterocycles. The van der Waals surface area contributed by atoms with Gasteiger partial charge in [-0.05, 0) is 48.9 Å². The fourth-order valence-electron chi connectivity index (χ4n) is 3.45. The minimum atomic E-state index is -0.0629. The Morgan fingerprint density at radius 3 is 2.67 bits per heavy atom. The highest BCUT2D eigenvalue weighted by molar-refractivity contribution is 5.93. The molecule has 2 heterocycles. The van der Waals surface area contributed by atoms with Crippen LogP contribution >= 0.6 is 0 Å². The molecular formula is C24H24N4O2. The maximum atomic E-state index is 12.7. The highest BCUT2D eigenvalue weighted by atomic mass is 16.5. The maximum Gasteiger partial charge on any atom is 0.254 e. The summed E-state index contributed by atoms with van der Waals surface area (Å²) in [7, 11) is 1.79. The van der Waals surface area contributed by atoms with Crippen molar-refractivity contribution in [3.63, 3.8) is 0 Å². The number of benzene rings is 2. The van der Waals surface area contributed by atoms with Gasteiger partial charge < -0.3 is 14.2 Å². The van der Waals surface area contributed by atoms with Gasteiger partial charge in [0.05, 0.1) is 24.1 Å². The lowest BCUT2D eigenvalue weighted by Gasteiger charge is -2.18. The normalized spacial score (nSPS) is 10.9. The first-order chi connectivity index (χ1) is 14.6. The summed E-state index contributed by atoms with van der Waals surface area (Å²) in [6.45, 7) is 3.60. The number of pyridine rings is 1. The van der Waals surface area contributed by atoms with Gasteiger partial charge in [0.2, 0.25) is 0 Å². The largest absolute Gasteiger partial charge is 0.492 e. The lowest BCUT2D eigenvalue weighted by molar-refractivity contribution is 0.0780. The number of rotatable bonds is 7. The van der Waals surface area contributed by atoms with Crippen LogP contribution in [0, 0.1) is 6.92 Å². The molecule has 0 atom stereocenters. The van der Waals surface area contributed by atoms with Crippen molar-refractivity contribution in [1.29, 1.82) is 0 Å². The van der Waals surface area contributed by atoms with Gasteiger partial charge >= 0.3 is 0 Å². The van der Waals surface area contributed by atoms with Crippen LogP contribution < -0.4 is 4.74 Å². The maximum absolute atomic E-state index is 12.7. The van der Waals surface area contributed by atoms with Crippen molar-refractivity contribution in [1.82, 2.24) is 19.4 Å². The SMILES string of the molecule is Cc1cccc(OCCn2c(CN(C)C(=O)c3ccncc3)nc3ccccc32)c1. The predicted octanol–water partition coefficient (Wildman–Crippen LogP) is 4.09. The number of carbonyl (C=O) groups is 1. The highest BCUT2D eigenvalue weighted by Crippen LogP contribution is 2.19. The Kier molecular flexibility index (Phi) is 5.75. The number of fused-ring (bicyclic) bond motifs is 1. The number of hydrogen-bond acceptors (Lipinski definition) is 4. The number of amides is 1. The van der Waals surface area contributed by atoms with E-state index in [9.17, 15) is 4.79 Å². The van der Waals surface area contributed by atoms with E-state index < -0.39 is 0 Å². The van der Waals surface area contributed by atoms with E-state index >= 15 is 0 Å². The number of hydrogen-bond donors (Lipinski definition) is 0. The van der Waals surface area contributed by atoms with Gasteiger partial charge in [-0.1, -0.05) is 24.3 Å². The second-order valence-electron chi connectivity index (χ2n) is 7.23. The van der Waals surface area contributed by atoms with Crippen LogP contribution in [0.3, 0.4) is 0 Å². The number of carbonyl (C=O) groups excluding carboxylic acids is 1. The first kappa shape index (κ1) is 19.6. The summed E-state index contributed by atoms with van der Waals surface area (Å²) in [6.07, 6.45) is 3.25. The Morgan fingerprint density at radius 2 is 1.87 bits per heavy atom. The van der Waals surface area contributed by atoms with E-state index in [0.717, 1.165) is 28.2 Å². The Balaban J connectivity index is 1.53. The number of aryl methyl sites for hydroxylation is 1. The second kappa shape index (κ2) is 8.78. The molecule has 152 valence electrons. The van der Waals surface area contributed by atoms with Crippen molar-refractivity contribution in [2.75, 3.05) is 13.7 Å². The van der Waals surface area contributed by atoms with Crippen LogP contribution in [0.2, 0.25) is 0 Å². The summed E-state index contributed by atoms with van der Waals surface area (Å²) < 4.78 is 8.08. The monoisotopic (exact) mass is 400 g/mol. The fourth-order valence-corrected chi connectivity index (χ4v) is 3.45. The van der Waals surface area contributed by atoms with Crippen LogP contribution in [0.5, 0.6) is 5.75 Å². The average molecular weight is 400 g/mol. The Hall–Kier alpha value is -3.67. The molecule has 0 fully saturated rings. The van der Waals surface area contributed by atoms with Crippen molar-refractivity contribution < 1.29 is 9.53 Å². The van der Waals surface area contributed by atoms with Crippen LogP contribution in [0.4, 0.5) is 0 Å². The fraction of sp³-hybridized carbons (Fsp3) is 0.208. The van der Waals surface area contributed by atoms with Crippen molar-refractivity contribution in [2.45, 2.75) is 20.0 Å². The summed E-state index contributed by atoms with van der Waals surface area (Å²) in [5, 5.41) is 0. The zero-order chi connectivity index (χ0) is 20.9. The van der Waals surface area contributed by atoms with E-state index in [2.05, 4.69) is 9.55 Å². The lowest BCUT2D eigenvalue weighted by Crippen LogP contribution is -2.28. The molecule has 2 aromatic heterocycles. The van der Waals surface area contributed by atoms with E-state index in [4.69, 9.17) is 9.72 Å². The van der Waals surface area contributed by atoms with E-state index in [1.54, 1.807) is 36.5 Å². The average Bonchev–Trinajstić information content (AvgIpc) is 3.11. The number of aromatic nitrogens is 3. The molecule has 1 amide bonds. The quantitative estimate of drug-likeness (QED) is 0.469. The molecule has 0 saturated carbocycles. The molecule has 0 bridgehead atoms. The third-order valence-corrected chi connectivity index (χ3v) is 4.96. The molecule has 0 unspecified atom stereocenters. The third-order valence-electron chi connectivity index (χ3n) is 4.96. The molecule has 0 spiro atoms. The Morgan fingerprint density at radius 1 is 1.07 bits per heavy atom. The van der Waals surface area contributed by atoms with E-state index in [1.807, 2.05) is 55.5 Å². The molecule has 4 aromatic rings. The number of nitrogens with zero attached hydrogens (tertiary/aromatic N) is 4. The van der Waals surface area contributed by atoms with Crippen LogP contribution in [-0.4, -0.2) is 39.0 Å². The van der Waals surface area contributed by atoms with Gasteiger partial charge in [0.25, 0.3) is 5.91 Å². The molecule has 30 heavy (non-hydrogen) atoms. The lowest BCUT2D eigenvalue weighted by atomic mass is 10.2. The minimum absolute atomic E-state index is 0.0629. The Bertz CT molecular complexity index is 1150. The molecule has 6 nitrogen and oxygen atoms in total. The van der Waals surface area contributed by atoms with Crippen molar-refractivity contribution in [3.05, 3.63) is 90.0 Å². The van der Waals surface area contributed by atoms with E-state index in [0.29, 0.717) is 25.3 Å². The molecule has 4 rings (SSSR count). The van der Waals surface area contributed by atoms with Gasteiger partial charge in [-0.15, -0.1) is 0 Å². The van der Waals surface area contributed by atoms with Crippen molar-refractivity contribution in [3.8, 4) is 5.75 Å². The third kappa shape index (κ3) is 4.33. The number of imidazole rings is 1. The molecule has 0 aliphatic carbocycles. The second-order valence-corrected chi connectivity index (χ2v) is 7.23. The minimum Gasteiger partial charge on any atom is -0.492 e. The number of para-hydroxylation sites is 2. The first-order valence-corrected chi connectivity index (χ1v) is 9.91. The van der Waals surface area contributed by atoms with Gasteiger partial charge in [-0.25, -0.2) is 4.98 Å². The van der Waals surface area contributed by atoms with E-state index in [-0.39, 0.29) is 5.91 Å². The smallest absolute Gasteiger partial charge is 0.254 e. The van der Waals surface area contributed by atoms with Gasteiger partial charge in [0.1, 0.15) is 18.2 Å². The zero-order valence-corrected chi connectivity index (χ0v) is 17.2. The summed E-state index contributed by atoms with van der Waals surface area (Å²) in [6, 6.07) is 19.5. The number of ether oxygens (including phenoxy) is 1. The zero-order valence-electron chi connectivity index (χ0n) is 17.2. The van der Waals surface area contributed by atoms with Gasteiger partial charge in [-0.2, -0.15) is 0 Å². The highest BCUT2D eigenvalue weighted by Gasteiger charge is 2.17. The van der Waals surface area contributed by atoms with Crippen LogP contribution in [0.1, 0.15) is 21.7 Å². The summed E-state index contributed by atoms with van der Waals surface area (Å²) in [4.78, 5) is 23.2. The summed E-state index contributed by atoms with van der Waals surface area (Å²) in [5.74, 6) is 1.62. The van der Waals surface area contributed by atoms with E-state index in [1.165, 1.54) is 0 Å². The standard InChI is InChI=1S/C24H24N4O2/c1-18-6-5-7-20(16-18)30-15-14-28-22-9-4-3-8-21(22)26-23(28)17-27(2)24(29)19-10-12-25-13-11-19/h3-13,16H,14-15,17H2,1-2H3. The molecular weight excluding hydrogens is 376 g/mol. The molecule has 0 radical (unpaired) electrons. The predicted molar refractivity (Wildman–Crippen MR) is 116 cm³/mol. The topological polar surface area (TPSA) is 60.2 Å². The molecule has 0 N–H and O–H groups in total.